The summed E-state index contributed by atoms with van der Waals surface area (Å²) in [6.07, 6.45) is 0. The summed E-state index contributed by atoms with van der Waals surface area (Å²) in [5, 5.41) is 0. The van der Waals surface area contributed by atoms with Crippen molar-refractivity contribution in [2.45, 2.75) is 17.8 Å². The van der Waals surface area contributed by atoms with Gasteiger partial charge in [0.25, 0.3) is 0 Å². The highest BCUT2D eigenvalue weighted by Crippen LogP contribution is 2.74. The van der Waals surface area contributed by atoms with Crippen LogP contribution < -0.4 is 14.4 Å². The fourth-order valence-corrected chi connectivity index (χ4v) is 8.74. The summed E-state index contributed by atoms with van der Waals surface area (Å²) in [5.41, 5.74) is 1.89. The SMILES string of the molecule is COc1ccc(C2=C(c3ccc(OC)cc3)[C@@]3(c4ccccc4)C(=O)[C@@]2(c2ccccc2)[C@H]2C(=O)N(c4ccc(C(C)=O)cc4)C(=O)[C@@H]23)cc1. The third-order valence-corrected chi connectivity index (χ3v) is 10.7. The normalized spacial score (nSPS) is 23.7. The number of Topliss-reactive ketones (excluding diaryl/α,β-unsaturated/α-hetero) is 2. The summed E-state index contributed by atoms with van der Waals surface area (Å²) in [6, 6.07) is 40.3. The fraction of sp³-hybridized carbons (Fsp3) is 0.163. The Morgan fingerprint density at radius 3 is 1.32 bits per heavy atom. The quantitative estimate of drug-likeness (QED) is 0.131. The van der Waals surface area contributed by atoms with E-state index in [2.05, 4.69) is 0 Å². The molecule has 2 aliphatic carbocycles. The molecule has 8 rings (SSSR count). The van der Waals surface area contributed by atoms with Crippen molar-refractivity contribution in [1.29, 1.82) is 0 Å². The highest BCUT2D eigenvalue weighted by atomic mass is 16.5. The van der Waals surface area contributed by atoms with Gasteiger partial charge in [0, 0.05) is 5.56 Å². The molecule has 5 aromatic rings. The fourth-order valence-electron chi connectivity index (χ4n) is 8.74. The zero-order valence-corrected chi connectivity index (χ0v) is 27.8. The Morgan fingerprint density at radius 1 is 0.560 bits per heavy atom. The maximum atomic E-state index is 16.0. The number of amides is 2. The maximum absolute atomic E-state index is 16.0. The van der Waals surface area contributed by atoms with Gasteiger partial charge in [0.2, 0.25) is 11.8 Å². The Bertz CT molecular complexity index is 2080. The van der Waals surface area contributed by atoms with Gasteiger partial charge in [0.05, 0.1) is 42.6 Å². The van der Waals surface area contributed by atoms with Crippen LogP contribution in [-0.4, -0.2) is 37.6 Å². The van der Waals surface area contributed by atoms with Gasteiger partial charge in [-0.05, 0) is 88.9 Å². The van der Waals surface area contributed by atoms with Crippen LogP contribution in [0.5, 0.6) is 11.5 Å². The predicted molar refractivity (Wildman–Crippen MR) is 190 cm³/mol. The number of carbonyl (C=O) groups is 4. The third kappa shape index (κ3) is 4.03. The molecule has 0 aromatic heterocycles. The Hall–Kier alpha value is -6.08. The molecule has 4 atom stereocenters. The van der Waals surface area contributed by atoms with Crippen LogP contribution in [0.2, 0.25) is 0 Å². The second kappa shape index (κ2) is 11.5. The van der Waals surface area contributed by atoms with Crippen LogP contribution >= 0.6 is 0 Å². The molecule has 1 aliphatic heterocycles. The Labute approximate surface area is 289 Å². The summed E-state index contributed by atoms with van der Waals surface area (Å²) >= 11 is 0. The zero-order chi connectivity index (χ0) is 34.8. The Balaban J connectivity index is 1.51. The summed E-state index contributed by atoms with van der Waals surface area (Å²) in [7, 11) is 3.19. The van der Waals surface area contributed by atoms with Crippen molar-refractivity contribution in [2.24, 2.45) is 11.8 Å². The second-order valence-corrected chi connectivity index (χ2v) is 13.0. The van der Waals surface area contributed by atoms with Crippen molar-refractivity contribution in [3.8, 4) is 11.5 Å². The molecule has 7 nitrogen and oxygen atoms in total. The number of rotatable bonds is 8. The largest absolute Gasteiger partial charge is 0.497 e. The van der Waals surface area contributed by atoms with Crippen LogP contribution in [0.4, 0.5) is 5.69 Å². The summed E-state index contributed by atoms with van der Waals surface area (Å²) < 4.78 is 11.0. The van der Waals surface area contributed by atoms with Gasteiger partial charge in [-0.15, -0.1) is 0 Å². The smallest absolute Gasteiger partial charge is 0.239 e. The molecule has 7 heteroatoms. The number of anilines is 1. The van der Waals surface area contributed by atoms with E-state index in [4.69, 9.17) is 9.47 Å². The molecule has 2 bridgehead atoms. The van der Waals surface area contributed by atoms with Crippen LogP contribution in [0.3, 0.4) is 0 Å². The Kier molecular flexibility index (Phi) is 7.19. The molecule has 0 unspecified atom stereocenters. The van der Waals surface area contributed by atoms with E-state index in [1.165, 1.54) is 11.8 Å². The number of benzene rings is 5. The summed E-state index contributed by atoms with van der Waals surface area (Å²) in [6.45, 7) is 1.47. The zero-order valence-electron chi connectivity index (χ0n) is 27.8. The predicted octanol–water partition coefficient (Wildman–Crippen LogP) is 7.10. The van der Waals surface area contributed by atoms with Crippen LogP contribution in [0, 0.1) is 11.8 Å². The first-order chi connectivity index (χ1) is 24.3. The topological polar surface area (TPSA) is 90.0 Å². The lowest BCUT2D eigenvalue weighted by atomic mass is 9.59. The molecule has 50 heavy (non-hydrogen) atoms. The standard InChI is InChI=1S/C43H33NO6/c1-26(45)27-14-20-32(21-15-27)44-39(46)37-38(40(44)47)43(31-12-8-5-9-13-31)36(29-18-24-34(50-3)25-19-29)35(28-16-22-33(49-2)23-17-28)42(37,41(43)48)30-10-6-4-7-11-30/h4-25,37-38H,1-3H3/t37-,38-,42-,43-/m1/s1. The van der Waals surface area contributed by atoms with Crippen molar-refractivity contribution in [1.82, 2.24) is 0 Å². The van der Waals surface area contributed by atoms with E-state index in [0.717, 1.165) is 11.1 Å². The third-order valence-electron chi connectivity index (χ3n) is 10.7. The van der Waals surface area contributed by atoms with Crippen LogP contribution in [0.1, 0.15) is 39.5 Å². The number of methoxy groups -OCH3 is 2. The average Bonchev–Trinajstić information content (AvgIpc) is 3.67. The van der Waals surface area contributed by atoms with E-state index in [9.17, 15) is 4.79 Å². The van der Waals surface area contributed by atoms with E-state index in [-0.39, 0.29) is 11.6 Å². The first-order valence-corrected chi connectivity index (χ1v) is 16.5. The maximum Gasteiger partial charge on any atom is 0.239 e. The number of hydrogen-bond donors (Lipinski definition) is 0. The van der Waals surface area contributed by atoms with Gasteiger partial charge in [0.15, 0.2) is 11.6 Å². The molecule has 1 heterocycles. The Morgan fingerprint density at radius 2 is 0.960 bits per heavy atom. The number of ether oxygens (including phenoxy) is 2. The molecular weight excluding hydrogens is 626 g/mol. The van der Waals surface area contributed by atoms with Crippen molar-refractivity contribution >= 4 is 40.2 Å². The lowest BCUT2D eigenvalue weighted by molar-refractivity contribution is -0.130. The molecule has 0 spiro atoms. The summed E-state index contributed by atoms with van der Waals surface area (Å²) in [5.74, 6) is -2.07. The average molecular weight is 660 g/mol. The molecule has 3 aliphatic rings. The molecular formula is C43H33NO6. The van der Waals surface area contributed by atoms with Gasteiger partial charge in [0.1, 0.15) is 11.5 Å². The van der Waals surface area contributed by atoms with Crippen molar-refractivity contribution in [3.63, 3.8) is 0 Å². The van der Waals surface area contributed by atoms with E-state index in [0.29, 0.717) is 45.0 Å². The molecule has 0 radical (unpaired) electrons. The van der Waals surface area contributed by atoms with Crippen molar-refractivity contribution in [2.75, 3.05) is 19.1 Å². The summed E-state index contributed by atoms with van der Waals surface area (Å²) in [4.78, 5) is 59.6. The van der Waals surface area contributed by atoms with E-state index >= 15 is 14.4 Å². The lowest BCUT2D eigenvalue weighted by Crippen LogP contribution is -2.45. The van der Waals surface area contributed by atoms with Gasteiger partial charge in [-0.2, -0.15) is 0 Å². The molecule has 2 amide bonds. The number of nitrogens with zero attached hydrogens (tertiary/aromatic N) is 1. The number of allylic oxidation sites excluding steroid dienone is 2. The van der Waals surface area contributed by atoms with Crippen molar-refractivity contribution < 1.29 is 28.7 Å². The lowest BCUT2D eigenvalue weighted by Gasteiger charge is -2.39. The molecule has 5 aromatic carbocycles. The number of ketones is 2. The highest BCUT2D eigenvalue weighted by molar-refractivity contribution is 6.39. The van der Waals surface area contributed by atoms with E-state index < -0.39 is 34.5 Å². The first-order valence-electron chi connectivity index (χ1n) is 16.5. The molecule has 1 saturated heterocycles. The highest BCUT2D eigenvalue weighted by Gasteiger charge is 2.82. The first kappa shape index (κ1) is 31.2. The van der Waals surface area contributed by atoms with E-state index in [1.54, 1.807) is 38.5 Å². The minimum Gasteiger partial charge on any atom is -0.497 e. The minimum absolute atomic E-state index is 0.125. The molecule has 2 fully saturated rings. The monoisotopic (exact) mass is 659 g/mol. The van der Waals surface area contributed by atoms with E-state index in [1.807, 2.05) is 109 Å². The number of carbonyl (C=O) groups excluding carboxylic acids is 4. The van der Waals surface area contributed by atoms with Gasteiger partial charge < -0.3 is 9.47 Å². The molecule has 246 valence electrons. The van der Waals surface area contributed by atoms with Gasteiger partial charge in [-0.1, -0.05) is 84.9 Å². The molecule has 1 saturated carbocycles. The molecule has 0 N–H and O–H groups in total. The van der Waals surface area contributed by atoms with Gasteiger partial charge in [-0.25, -0.2) is 4.90 Å². The van der Waals surface area contributed by atoms with Crippen LogP contribution in [0.25, 0.3) is 11.1 Å². The van der Waals surface area contributed by atoms with Crippen LogP contribution in [0.15, 0.2) is 133 Å². The van der Waals surface area contributed by atoms with Gasteiger partial charge >= 0.3 is 0 Å². The second-order valence-electron chi connectivity index (χ2n) is 13.0. The minimum atomic E-state index is -1.54. The number of fused-ring (bicyclic) bond motifs is 5. The van der Waals surface area contributed by atoms with Crippen molar-refractivity contribution in [3.05, 3.63) is 161 Å². The van der Waals surface area contributed by atoms with Crippen LogP contribution in [-0.2, 0) is 25.2 Å². The van der Waals surface area contributed by atoms with Gasteiger partial charge in [-0.3, -0.25) is 19.2 Å². The number of imide groups is 1. The number of hydrogen-bond acceptors (Lipinski definition) is 6.